The molecule has 9 heteroatoms. The fourth-order valence-electron chi connectivity index (χ4n) is 5.92. The van der Waals surface area contributed by atoms with Crippen LogP contribution in [-0.2, 0) is 4.43 Å². The second-order valence-corrected chi connectivity index (χ2v) is 16.3. The summed E-state index contributed by atoms with van der Waals surface area (Å²) in [6, 6.07) is 27.6. The zero-order valence-corrected chi connectivity index (χ0v) is 26.7. The highest BCUT2D eigenvalue weighted by atomic mass is 35.5. The summed E-state index contributed by atoms with van der Waals surface area (Å²) >= 11 is 6.29. The average molecular weight is 601 g/mol. The number of ether oxygens (including phenoxy) is 1. The average Bonchev–Trinajstić information content (AvgIpc) is 2.98. The van der Waals surface area contributed by atoms with Crippen molar-refractivity contribution in [2.75, 3.05) is 23.5 Å². The molecule has 2 amide bonds. The lowest BCUT2D eigenvalue weighted by Crippen LogP contribution is -2.67. The standard InChI is InChI=1S/C33H37ClN4O3Si/c1-23(22-41-42(33(3,4)5,27-13-9-7-10-14-27)28-15-11-8-12-16-28)37-30-29(21-35-31(34)36-30)24(2)38(32(37)39)25-17-19-26(40-6)20-18-25/h7-21,23-24H,22H2,1-6H3/t23?,24-/m1/s1. The molecule has 1 aliphatic rings. The van der Waals surface area contributed by atoms with E-state index in [1.54, 1.807) is 23.1 Å². The Hall–Kier alpha value is -3.72. The van der Waals surface area contributed by atoms with Gasteiger partial charge in [0, 0.05) is 17.4 Å². The molecule has 1 unspecified atom stereocenters. The number of aromatic nitrogens is 2. The molecule has 0 spiro atoms. The molecule has 0 saturated carbocycles. The molecule has 1 aromatic heterocycles. The normalized spacial score (nSPS) is 16.3. The predicted octanol–water partition coefficient (Wildman–Crippen LogP) is 6.61. The third kappa shape index (κ3) is 5.30. The summed E-state index contributed by atoms with van der Waals surface area (Å²) in [4.78, 5) is 26.6. The van der Waals surface area contributed by atoms with Crippen molar-refractivity contribution in [1.82, 2.24) is 9.97 Å². The van der Waals surface area contributed by atoms with E-state index in [4.69, 9.17) is 20.8 Å². The Morgan fingerprint density at radius 2 is 1.52 bits per heavy atom. The number of fused-ring (bicyclic) bond motifs is 1. The smallest absolute Gasteiger partial charge is 0.331 e. The minimum absolute atomic E-state index is 0.0942. The van der Waals surface area contributed by atoms with Crippen molar-refractivity contribution in [2.24, 2.45) is 0 Å². The van der Waals surface area contributed by atoms with Crippen molar-refractivity contribution >= 4 is 47.8 Å². The summed E-state index contributed by atoms with van der Waals surface area (Å²) < 4.78 is 12.5. The number of halogens is 1. The number of amides is 2. The number of rotatable bonds is 8. The summed E-state index contributed by atoms with van der Waals surface area (Å²) in [6.07, 6.45) is 1.71. The molecular weight excluding hydrogens is 564 g/mol. The van der Waals surface area contributed by atoms with Crippen molar-refractivity contribution < 1.29 is 14.0 Å². The van der Waals surface area contributed by atoms with Gasteiger partial charge in [0.05, 0.1) is 25.8 Å². The monoisotopic (exact) mass is 600 g/mol. The van der Waals surface area contributed by atoms with Crippen LogP contribution < -0.4 is 24.9 Å². The van der Waals surface area contributed by atoms with Gasteiger partial charge in [0.1, 0.15) is 11.6 Å². The molecule has 0 aliphatic carbocycles. The molecule has 0 fully saturated rings. The van der Waals surface area contributed by atoms with Crippen molar-refractivity contribution in [3.05, 3.63) is 102 Å². The first-order valence-corrected chi connectivity index (χ1v) is 16.4. The number of anilines is 2. The molecule has 5 rings (SSSR count). The Morgan fingerprint density at radius 1 is 0.952 bits per heavy atom. The van der Waals surface area contributed by atoms with E-state index in [0.717, 1.165) is 17.0 Å². The van der Waals surface area contributed by atoms with E-state index in [9.17, 15) is 4.79 Å². The molecule has 0 N–H and O–H groups in total. The number of benzene rings is 3. The summed E-state index contributed by atoms with van der Waals surface area (Å²) in [5, 5.41) is 2.26. The van der Waals surface area contributed by atoms with Crippen molar-refractivity contribution in [1.29, 1.82) is 0 Å². The number of methoxy groups -OCH3 is 1. The molecule has 3 aromatic carbocycles. The fraction of sp³-hybridized carbons (Fsp3) is 0.303. The quantitative estimate of drug-likeness (QED) is 0.168. The van der Waals surface area contributed by atoms with Crippen LogP contribution in [0.3, 0.4) is 0 Å². The van der Waals surface area contributed by atoms with Gasteiger partial charge in [-0.1, -0.05) is 81.4 Å². The first-order valence-electron chi connectivity index (χ1n) is 14.1. The first kappa shape index (κ1) is 29.8. The van der Waals surface area contributed by atoms with Crippen molar-refractivity contribution in [2.45, 2.75) is 51.7 Å². The number of hydrogen-bond donors (Lipinski definition) is 0. The number of carbonyl (C=O) groups is 1. The Morgan fingerprint density at radius 3 is 2.05 bits per heavy atom. The Balaban J connectivity index is 1.56. The van der Waals surface area contributed by atoms with Gasteiger partial charge in [0.25, 0.3) is 8.32 Å². The van der Waals surface area contributed by atoms with Crippen molar-refractivity contribution in [3.63, 3.8) is 0 Å². The largest absolute Gasteiger partial charge is 0.497 e. The van der Waals surface area contributed by atoms with Gasteiger partial charge in [-0.25, -0.2) is 9.78 Å². The number of nitrogens with zero attached hydrogens (tertiary/aromatic N) is 4. The Bertz CT molecular complexity index is 1490. The molecule has 0 saturated heterocycles. The van der Waals surface area contributed by atoms with E-state index >= 15 is 0 Å². The molecule has 1 aliphatic heterocycles. The minimum atomic E-state index is -2.83. The molecule has 0 radical (unpaired) electrons. The summed E-state index contributed by atoms with van der Waals surface area (Å²) in [5.74, 6) is 1.23. The van der Waals surface area contributed by atoms with Crippen molar-refractivity contribution in [3.8, 4) is 5.75 Å². The third-order valence-electron chi connectivity index (χ3n) is 7.99. The van der Waals surface area contributed by atoms with Crippen LogP contribution in [0.5, 0.6) is 5.75 Å². The number of carbonyl (C=O) groups excluding carboxylic acids is 1. The van der Waals surface area contributed by atoms with E-state index in [2.05, 4.69) is 79.3 Å². The summed E-state index contributed by atoms with van der Waals surface area (Å²) in [7, 11) is -1.21. The van der Waals surface area contributed by atoms with Crippen LogP contribution in [0.15, 0.2) is 91.1 Å². The SMILES string of the molecule is COc1ccc(N2C(=O)N(C(C)CO[Si](c3ccccc3)(c3ccccc3)C(C)(C)C)c3nc(Cl)ncc3[C@H]2C)cc1. The maximum atomic E-state index is 14.3. The van der Waals surface area contributed by atoms with E-state index in [1.807, 2.05) is 50.2 Å². The number of hydrogen-bond acceptors (Lipinski definition) is 5. The van der Waals surface area contributed by atoms with Crippen LogP contribution in [0.1, 0.15) is 46.2 Å². The molecule has 7 nitrogen and oxygen atoms in total. The van der Waals surface area contributed by atoms with Gasteiger partial charge in [0.2, 0.25) is 5.28 Å². The van der Waals surface area contributed by atoms with Gasteiger partial charge in [-0.05, 0) is 65.1 Å². The zero-order chi connectivity index (χ0) is 30.1. The van der Waals surface area contributed by atoms with E-state index in [-0.39, 0.29) is 28.4 Å². The van der Waals surface area contributed by atoms with Gasteiger partial charge in [-0.3, -0.25) is 9.80 Å². The molecule has 2 heterocycles. The van der Waals surface area contributed by atoms with Crippen LogP contribution >= 0.6 is 11.6 Å². The Kier molecular flexibility index (Phi) is 8.41. The fourth-order valence-corrected chi connectivity index (χ4v) is 10.7. The van der Waals surface area contributed by atoms with E-state index in [1.165, 1.54) is 10.4 Å². The lowest BCUT2D eigenvalue weighted by molar-refractivity contribution is 0.235. The Labute approximate surface area is 254 Å². The van der Waals surface area contributed by atoms with Crippen LogP contribution in [0.4, 0.5) is 16.3 Å². The zero-order valence-electron chi connectivity index (χ0n) is 24.9. The number of urea groups is 1. The van der Waals surface area contributed by atoms with Crippen LogP contribution in [0, 0.1) is 0 Å². The molecular formula is C33H37ClN4O3Si. The van der Waals surface area contributed by atoms with Gasteiger partial charge >= 0.3 is 6.03 Å². The highest BCUT2D eigenvalue weighted by molar-refractivity contribution is 6.99. The van der Waals surface area contributed by atoms with Gasteiger partial charge in [-0.2, -0.15) is 4.98 Å². The van der Waals surface area contributed by atoms with Gasteiger partial charge in [-0.15, -0.1) is 0 Å². The maximum absolute atomic E-state index is 14.3. The second-order valence-electron chi connectivity index (χ2n) is 11.6. The highest BCUT2D eigenvalue weighted by Crippen LogP contribution is 2.41. The first-order chi connectivity index (χ1) is 20.1. The third-order valence-corrected chi connectivity index (χ3v) is 13.2. The molecule has 4 aromatic rings. The lowest BCUT2D eigenvalue weighted by atomic mass is 10.0. The minimum Gasteiger partial charge on any atom is -0.497 e. The summed E-state index contributed by atoms with van der Waals surface area (Å²) in [6.45, 7) is 11.0. The molecule has 2 atom stereocenters. The van der Waals surface area contributed by atoms with Crippen LogP contribution in [0.2, 0.25) is 10.3 Å². The molecule has 218 valence electrons. The van der Waals surface area contributed by atoms with Gasteiger partial charge < -0.3 is 9.16 Å². The lowest BCUT2D eigenvalue weighted by Gasteiger charge is -2.46. The maximum Gasteiger partial charge on any atom is 0.331 e. The summed E-state index contributed by atoms with van der Waals surface area (Å²) in [5.41, 5.74) is 1.56. The van der Waals surface area contributed by atoms with E-state index < -0.39 is 8.32 Å². The topological polar surface area (TPSA) is 67.8 Å². The molecule has 0 bridgehead atoms. The van der Waals surface area contributed by atoms with E-state index in [0.29, 0.717) is 12.4 Å². The van der Waals surface area contributed by atoms with Crippen LogP contribution in [0.25, 0.3) is 0 Å². The predicted molar refractivity (Wildman–Crippen MR) is 172 cm³/mol. The second kappa shape index (κ2) is 11.9. The van der Waals surface area contributed by atoms with Gasteiger partial charge in [0.15, 0.2) is 0 Å². The molecule has 42 heavy (non-hydrogen) atoms. The highest BCUT2D eigenvalue weighted by Gasteiger charge is 2.51. The van der Waals surface area contributed by atoms with Crippen LogP contribution in [-0.4, -0.2) is 44.1 Å².